The Morgan fingerprint density at radius 3 is 1.91 bits per heavy atom. The van der Waals surface area contributed by atoms with Crippen molar-refractivity contribution in [3.63, 3.8) is 0 Å². The van der Waals surface area contributed by atoms with Gasteiger partial charge in [-0.3, -0.25) is 4.79 Å². The number of rotatable bonds is 22. The number of methoxy groups -OCH3 is 1. The molecule has 0 saturated heterocycles. The molecule has 0 aliphatic heterocycles. The van der Waals surface area contributed by atoms with Gasteiger partial charge in [-0.05, 0) is 42.3 Å². The summed E-state index contributed by atoms with van der Waals surface area (Å²) in [4.78, 5) is 15.4. The lowest BCUT2D eigenvalue weighted by atomic mass is 10.0. The van der Waals surface area contributed by atoms with Crippen LogP contribution in [0.1, 0.15) is 118 Å². The summed E-state index contributed by atoms with van der Waals surface area (Å²) < 4.78 is 13.8. The summed E-state index contributed by atoms with van der Waals surface area (Å²) >= 11 is 0. The SMILES string of the molecule is CCCCCCCCCCCCCCCCOc1ccc(CN(Cc2ccc[n+](C)c2)C(=O)c2ccccc2)cc1OC. The minimum absolute atomic E-state index is 0.00389. The molecule has 5 heteroatoms. The smallest absolute Gasteiger partial charge is 0.254 e. The van der Waals surface area contributed by atoms with Crippen LogP contribution in [0.4, 0.5) is 0 Å². The number of unbranched alkanes of at least 4 members (excludes halogenated alkanes) is 13. The number of hydrogen-bond acceptors (Lipinski definition) is 3. The van der Waals surface area contributed by atoms with Gasteiger partial charge in [-0.25, -0.2) is 4.57 Å². The number of hydrogen-bond donors (Lipinski definition) is 0. The molecule has 43 heavy (non-hydrogen) atoms. The van der Waals surface area contributed by atoms with E-state index in [1.165, 1.54) is 83.5 Å². The summed E-state index contributed by atoms with van der Waals surface area (Å²) in [5.74, 6) is 1.47. The van der Waals surface area contributed by atoms with E-state index >= 15 is 0 Å². The fourth-order valence-corrected chi connectivity index (χ4v) is 5.56. The molecule has 0 atom stereocenters. The molecule has 0 bridgehead atoms. The molecule has 1 aromatic heterocycles. The normalized spacial score (nSPS) is 11.0. The molecule has 0 fully saturated rings. The molecule has 0 aliphatic rings. The highest BCUT2D eigenvalue weighted by molar-refractivity contribution is 5.94. The number of aromatic nitrogens is 1. The van der Waals surface area contributed by atoms with Crippen LogP contribution >= 0.6 is 0 Å². The third-order valence-electron chi connectivity index (χ3n) is 8.04. The van der Waals surface area contributed by atoms with Crippen molar-refractivity contribution in [2.24, 2.45) is 7.05 Å². The van der Waals surface area contributed by atoms with Crippen molar-refractivity contribution in [2.45, 2.75) is 110 Å². The summed E-state index contributed by atoms with van der Waals surface area (Å²) in [5.41, 5.74) is 2.77. The first-order valence-corrected chi connectivity index (χ1v) is 16.7. The zero-order valence-electron chi connectivity index (χ0n) is 27.1. The maximum atomic E-state index is 13.5. The van der Waals surface area contributed by atoms with Crippen LogP contribution in [0.15, 0.2) is 73.1 Å². The molecule has 1 amide bonds. The van der Waals surface area contributed by atoms with Gasteiger partial charge in [0.25, 0.3) is 5.91 Å². The second kappa shape index (κ2) is 20.5. The Hall–Kier alpha value is -3.34. The van der Waals surface area contributed by atoms with Crippen LogP contribution in [0.3, 0.4) is 0 Å². The zero-order valence-corrected chi connectivity index (χ0v) is 27.1. The highest BCUT2D eigenvalue weighted by Gasteiger charge is 2.19. The van der Waals surface area contributed by atoms with Gasteiger partial charge < -0.3 is 14.4 Å². The lowest BCUT2D eigenvalue weighted by molar-refractivity contribution is -0.672. The Balaban J connectivity index is 1.41. The van der Waals surface area contributed by atoms with Crippen molar-refractivity contribution in [3.05, 3.63) is 89.7 Å². The monoisotopic (exact) mass is 587 g/mol. The number of pyridine rings is 1. The average molecular weight is 588 g/mol. The molecule has 3 rings (SSSR count). The van der Waals surface area contributed by atoms with Gasteiger partial charge in [0.05, 0.1) is 20.3 Å². The summed E-state index contributed by atoms with van der Waals surface area (Å²) in [6.07, 6.45) is 22.9. The summed E-state index contributed by atoms with van der Waals surface area (Å²) in [5, 5.41) is 0. The summed E-state index contributed by atoms with van der Waals surface area (Å²) in [6, 6.07) is 19.6. The summed E-state index contributed by atoms with van der Waals surface area (Å²) in [6.45, 7) is 3.96. The van der Waals surface area contributed by atoms with E-state index in [2.05, 4.69) is 19.2 Å². The van der Waals surface area contributed by atoms with Crippen LogP contribution in [-0.2, 0) is 20.1 Å². The van der Waals surface area contributed by atoms with Gasteiger partial charge in [0.15, 0.2) is 23.9 Å². The number of amides is 1. The first kappa shape index (κ1) is 34.2. The minimum atomic E-state index is 0.00389. The molecule has 0 spiro atoms. The van der Waals surface area contributed by atoms with Crippen molar-refractivity contribution in [3.8, 4) is 11.5 Å². The van der Waals surface area contributed by atoms with E-state index in [9.17, 15) is 4.79 Å². The van der Waals surface area contributed by atoms with Gasteiger partial charge in [-0.2, -0.15) is 0 Å². The minimum Gasteiger partial charge on any atom is -0.493 e. The van der Waals surface area contributed by atoms with E-state index in [1.54, 1.807) is 7.11 Å². The summed E-state index contributed by atoms with van der Waals surface area (Å²) in [7, 11) is 3.67. The van der Waals surface area contributed by atoms with Crippen LogP contribution in [-0.4, -0.2) is 24.5 Å². The molecule has 0 saturated carbocycles. The standard InChI is InChI=1S/C38H55N2O3/c1-4-5-6-7-8-9-10-11-12-13-14-15-16-20-28-43-36-26-25-33(29-37(36)42-3)31-40(32-34-22-21-27-39(2)30-34)38(41)35-23-18-17-19-24-35/h17-19,21-27,29-30H,4-16,20,28,31-32H2,1-3H3/q+1. The van der Waals surface area contributed by atoms with E-state index in [1.807, 2.05) is 77.3 Å². The highest BCUT2D eigenvalue weighted by Crippen LogP contribution is 2.29. The van der Waals surface area contributed by atoms with Crippen molar-refractivity contribution in [1.29, 1.82) is 0 Å². The van der Waals surface area contributed by atoms with E-state index in [-0.39, 0.29) is 5.91 Å². The number of ether oxygens (including phenoxy) is 2. The van der Waals surface area contributed by atoms with Crippen LogP contribution in [0.2, 0.25) is 0 Å². The molecule has 0 N–H and O–H groups in total. The van der Waals surface area contributed by atoms with Gasteiger partial charge in [0.1, 0.15) is 7.05 Å². The molecule has 3 aromatic rings. The quantitative estimate of drug-likeness (QED) is 0.0869. The first-order chi connectivity index (χ1) is 21.1. The van der Waals surface area contributed by atoms with Crippen LogP contribution < -0.4 is 14.0 Å². The number of nitrogens with zero attached hydrogens (tertiary/aromatic N) is 2. The second-order valence-electron chi connectivity index (χ2n) is 11.8. The lowest BCUT2D eigenvalue weighted by Crippen LogP contribution is -2.32. The molecule has 5 nitrogen and oxygen atoms in total. The van der Waals surface area contributed by atoms with Crippen molar-refractivity contribution >= 4 is 5.91 Å². The second-order valence-corrected chi connectivity index (χ2v) is 11.8. The molecule has 2 aromatic carbocycles. The Kier molecular flexibility index (Phi) is 16.3. The first-order valence-electron chi connectivity index (χ1n) is 16.7. The molecule has 1 heterocycles. The van der Waals surface area contributed by atoms with Gasteiger partial charge in [0, 0.05) is 23.7 Å². The molecule has 0 radical (unpaired) electrons. The highest BCUT2D eigenvalue weighted by atomic mass is 16.5. The van der Waals surface area contributed by atoms with Crippen LogP contribution in [0.25, 0.3) is 0 Å². The fourth-order valence-electron chi connectivity index (χ4n) is 5.56. The Morgan fingerprint density at radius 1 is 0.698 bits per heavy atom. The van der Waals surface area contributed by atoms with Gasteiger partial charge in [-0.15, -0.1) is 0 Å². The Bertz CT molecular complexity index is 1180. The van der Waals surface area contributed by atoms with Crippen LogP contribution in [0, 0.1) is 0 Å². The Labute approximate surface area is 261 Å². The number of carbonyl (C=O) groups excluding carboxylic acids is 1. The van der Waals surface area contributed by atoms with Crippen LogP contribution in [0.5, 0.6) is 11.5 Å². The molecular weight excluding hydrogens is 532 g/mol. The van der Waals surface area contributed by atoms with E-state index < -0.39 is 0 Å². The van der Waals surface area contributed by atoms with Crippen molar-refractivity contribution in [1.82, 2.24) is 4.90 Å². The predicted octanol–water partition coefficient (Wildman–Crippen LogP) is 9.22. The maximum Gasteiger partial charge on any atom is 0.254 e. The van der Waals surface area contributed by atoms with E-state index in [0.717, 1.165) is 23.3 Å². The van der Waals surface area contributed by atoms with Gasteiger partial charge >= 0.3 is 0 Å². The van der Waals surface area contributed by atoms with Crippen molar-refractivity contribution < 1.29 is 18.8 Å². The number of carbonyl (C=O) groups is 1. The largest absolute Gasteiger partial charge is 0.493 e. The van der Waals surface area contributed by atoms with Gasteiger partial charge in [-0.1, -0.05) is 115 Å². The topological polar surface area (TPSA) is 42.7 Å². The third kappa shape index (κ3) is 13.2. The number of benzene rings is 2. The maximum absolute atomic E-state index is 13.5. The average Bonchev–Trinajstić information content (AvgIpc) is 3.03. The third-order valence-corrected chi connectivity index (χ3v) is 8.04. The molecule has 0 aliphatic carbocycles. The molecular formula is C38H55N2O3+. The molecule has 0 unspecified atom stereocenters. The fraction of sp³-hybridized carbons (Fsp3) is 0.526. The predicted molar refractivity (Wildman–Crippen MR) is 176 cm³/mol. The zero-order chi connectivity index (χ0) is 30.5. The van der Waals surface area contributed by atoms with E-state index in [4.69, 9.17) is 9.47 Å². The Morgan fingerprint density at radius 2 is 1.30 bits per heavy atom. The van der Waals surface area contributed by atoms with Gasteiger partial charge in [0.2, 0.25) is 0 Å². The van der Waals surface area contributed by atoms with Crippen molar-refractivity contribution in [2.75, 3.05) is 13.7 Å². The lowest BCUT2D eigenvalue weighted by Gasteiger charge is -2.23. The number of aryl methyl sites for hydroxylation is 1. The molecule has 234 valence electrons. The van der Waals surface area contributed by atoms with E-state index in [0.29, 0.717) is 31.0 Å².